The maximum atomic E-state index is 13.6. The molecule has 0 N–H and O–H groups in total. The number of thioether (sulfide) groups is 1. The second-order valence-electron chi connectivity index (χ2n) is 5.21. The molecule has 1 rings (SSSR count). The fourth-order valence-electron chi connectivity index (χ4n) is 1.94. The Kier molecular flexibility index (Phi) is 7.02. The normalized spacial score (nSPS) is 15.3. The van der Waals surface area contributed by atoms with E-state index in [1.54, 1.807) is 24.5 Å². The minimum atomic E-state index is -6.83. The van der Waals surface area contributed by atoms with E-state index in [1.165, 1.54) is 40.4 Å². The van der Waals surface area contributed by atoms with Crippen LogP contribution in [0.3, 0.4) is 0 Å². The summed E-state index contributed by atoms with van der Waals surface area (Å²) in [5, 5.41) is 0. The van der Waals surface area contributed by atoms with E-state index in [4.69, 9.17) is 0 Å². The van der Waals surface area contributed by atoms with Crippen LogP contribution in [-0.4, -0.2) is 34.1 Å². The Morgan fingerprint density at radius 1 is 0.960 bits per heavy atom. The first-order valence-electron chi connectivity index (χ1n) is 6.63. The predicted molar refractivity (Wildman–Crippen MR) is 85.2 cm³/mol. The van der Waals surface area contributed by atoms with Gasteiger partial charge in [-0.05, 0) is 30.4 Å². The van der Waals surface area contributed by atoms with Crippen molar-refractivity contribution >= 4 is 34.4 Å². The summed E-state index contributed by atoms with van der Waals surface area (Å²) < 4.78 is 114. The fraction of sp³-hybridized carbons (Fsp3) is 0.571. The first kappa shape index (κ1) is 22.7. The van der Waals surface area contributed by atoms with E-state index in [0.29, 0.717) is 5.56 Å². The van der Waals surface area contributed by atoms with E-state index in [2.05, 4.69) is 0 Å². The molecule has 0 spiro atoms. The topological polar surface area (TPSA) is 0 Å². The van der Waals surface area contributed by atoms with Gasteiger partial charge in [0.25, 0.3) is 0 Å². The summed E-state index contributed by atoms with van der Waals surface area (Å²) in [4.78, 5) is 0.766. The third kappa shape index (κ3) is 4.89. The predicted octanol–water partition coefficient (Wildman–Crippen LogP) is 6.61. The molecule has 0 radical (unpaired) electrons. The molecule has 0 saturated heterocycles. The summed E-state index contributed by atoms with van der Waals surface area (Å²) in [5.74, 6) is -18.9. The average Bonchev–Trinajstić information content (AvgIpc) is 2.45. The molecule has 0 nitrogen and oxygen atoms in total. The highest BCUT2D eigenvalue weighted by Gasteiger charge is 2.81. The molecule has 0 aliphatic heterocycles. The van der Waals surface area contributed by atoms with Crippen LogP contribution in [0.25, 0.3) is 0 Å². The van der Waals surface area contributed by atoms with Crippen molar-refractivity contribution in [3.8, 4) is 0 Å². The fourth-order valence-corrected chi connectivity index (χ4v) is 3.49. The molecule has 0 heterocycles. The quantitative estimate of drug-likeness (QED) is 0.172. The molecule has 1 unspecified atom stereocenters. The Hall–Kier alpha value is -0.330. The Labute approximate surface area is 155 Å². The van der Waals surface area contributed by atoms with Gasteiger partial charge < -0.3 is 0 Å². The molecule has 0 fully saturated rings. The van der Waals surface area contributed by atoms with E-state index >= 15 is 0 Å². The van der Waals surface area contributed by atoms with Crippen LogP contribution in [0, 0.1) is 0 Å². The summed E-state index contributed by atoms with van der Waals surface area (Å²) in [6, 6.07) is 6.42. The molecule has 0 aromatic heterocycles. The number of hydrogen-bond donors (Lipinski definition) is 0. The van der Waals surface area contributed by atoms with Crippen LogP contribution in [0.2, 0.25) is 0 Å². The maximum Gasteiger partial charge on any atom is 0.460 e. The summed E-state index contributed by atoms with van der Waals surface area (Å²) in [6.07, 6.45) is -7.05. The molecular formula is C14H12F9IS. The number of benzene rings is 1. The summed E-state index contributed by atoms with van der Waals surface area (Å²) in [7, 11) is 0. The standard InChI is InChI=1S/C14H12F9IS/c1-25-10-4-2-3-8(6-10)5-9(24)7-11(15,16)12(17,18)13(19,20)14(21,22)23/h2-4,6,9H,5,7H2,1H3. The molecule has 0 amide bonds. The molecular weight excluding hydrogens is 498 g/mol. The zero-order valence-electron chi connectivity index (χ0n) is 12.5. The zero-order valence-corrected chi connectivity index (χ0v) is 15.5. The summed E-state index contributed by atoms with van der Waals surface area (Å²) >= 11 is 2.68. The molecule has 1 atom stereocenters. The SMILES string of the molecule is CSc1cccc(CC(I)CC(F)(F)C(F)(F)C(F)(F)C(F)(F)F)c1. The Balaban J connectivity index is 2.94. The van der Waals surface area contributed by atoms with Gasteiger partial charge in [0.1, 0.15) is 0 Å². The van der Waals surface area contributed by atoms with Crippen LogP contribution in [0.15, 0.2) is 29.2 Å². The lowest BCUT2D eigenvalue weighted by Crippen LogP contribution is -2.61. The molecule has 0 aliphatic carbocycles. The van der Waals surface area contributed by atoms with Crippen LogP contribution in [0.1, 0.15) is 12.0 Å². The van der Waals surface area contributed by atoms with Crippen molar-refractivity contribution in [1.82, 2.24) is 0 Å². The zero-order chi connectivity index (χ0) is 19.7. The van der Waals surface area contributed by atoms with Crippen molar-refractivity contribution in [2.24, 2.45) is 0 Å². The van der Waals surface area contributed by atoms with E-state index < -0.39 is 34.3 Å². The van der Waals surface area contributed by atoms with Gasteiger partial charge in [-0.2, -0.15) is 39.5 Å². The maximum absolute atomic E-state index is 13.6. The van der Waals surface area contributed by atoms with E-state index in [-0.39, 0.29) is 6.42 Å². The lowest BCUT2D eigenvalue weighted by molar-refractivity contribution is -0.396. The smallest absolute Gasteiger partial charge is 0.200 e. The highest BCUT2D eigenvalue weighted by molar-refractivity contribution is 14.1. The van der Waals surface area contributed by atoms with Crippen molar-refractivity contribution in [2.45, 2.75) is 45.6 Å². The van der Waals surface area contributed by atoms with Crippen LogP contribution in [-0.2, 0) is 6.42 Å². The minimum absolute atomic E-state index is 0.182. The molecule has 144 valence electrons. The molecule has 0 bridgehead atoms. The molecule has 25 heavy (non-hydrogen) atoms. The first-order valence-corrected chi connectivity index (χ1v) is 9.10. The largest absolute Gasteiger partial charge is 0.460 e. The van der Waals surface area contributed by atoms with Gasteiger partial charge >= 0.3 is 23.9 Å². The summed E-state index contributed by atoms with van der Waals surface area (Å²) in [5.41, 5.74) is 0.480. The Bertz CT molecular complexity index is 586. The van der Waals surface area contributed by atoms with Crippen molar-refractivity contribution in [3.05, 3.63) is 29.8 Å². The van der Waals surface area contributed by atoms with Gasteiger partial charge in [-0.25, -0.2) is 0 Å². The molecule has 0 aliphatic rings. The van der Waals surface area contributed by atoms with Gasteiger partial charge in [-0.15, -0.1) is 11.8 Å². The molecule has 1 aromatic rings. The van der Waals surface area contributed by atoms with Crippen LogP contribution >= 0.6 is 34.4 Å². The third-order valence-corrected chi connectivity index (χ3v) is 4.89. The number of hydrogen-bond acceptors (Lipinski definition) is 1. The lowest BCUT2D eigenvalue weighted by Gasteiger charge is -2.34. The monoisotopic (exact) mass is 510 g/mol. The van der Waals surface area contributed by atoms with E-state index in [0.717, 1.165) is 4.90 Å². The van der Waals surface area contributed by atoms with Crippen molar-refractivity contribution in [3.63, 3.8) is 0 Å². The second-order valence-corrected chi connectivity index (χ2v) is 7.85. The molecule has 0 saturated carbocycles. The van der Waals surface area contributed by atoms with Crippen LogP contribution in [0.4, 0.5) is 39.5 Å². The number of halogens is 10. The summed E-state index contributed by atoms with van der Waals surface area (Å²) in [6.45, 7) is 0. The molecule has 11 heteroatoms. The van der Waals surface area contributed by atoms with Gasteiger partial charge in [0.05, 0.1) is 0 Å². The minimum Gasteiger partial charge on any atom is -0.200 e. The van der Waals surface area contributed by atoms with E-state index in [9.17, 15) is 39.5 Å². The van der Waals surface area contributed by atoms with Crippen molar-refractivity contribution < 1.29 is 39.5 Å². The second kappa shape index (κ2) is 7.73. The van der Waals surface area contributed by atoms with Gasteiger partial charge in [-0.1, -0.05) is 34.7 Å². The van der Waals surface area contributed by atoms with Crippen molar-refractivity contribution in [1.29, 1.82) is 0 Å². The van der Waals surface area contributed by atoms with Gasteiger partial charge in [0.15, 0.2) is 0 Å². The number of alkyl halides is 10. The van der Waals surface area contributed by atoms with E-state index in [1.807, 2.05) is 0 Å². The van der Waals surface area contributed by atoms with Crippen molar-refractivity contribution in [2.75, 3.05) is 6.26 Å². The van der Waals surface area contributed by atoms with Crippen LogP contribution in [0.5, 0.6) is 0 Å². The first-order chi connectivity index (χ1) is 11.2. The highest BCUT2D eigenvalue weighted by atomic mass is 127. The van der Waals surface area contributed by atoms with Gasteiger partial charge in [0.2, 0.25) is 0 Å². The van der Waals surface area contributed by atoms with Gasteiger partial charge in [-0.3, -0.25) is 0 Å². The average molecular weight is 510 g/mol. The third-order valence-electron chi connectivity index (χ3n) is 3.28. The number of rotatable bonds is 7. The van der Waals surface area contributed by atoms with Gasteiger partial charge in [0, 0.05) is 15.2 Å². The highest BCUT2D eigenvalue weighted by Crippen LogP contribution is 2.54. The Morgan fingerprint density at radius 3 is 2.00 bits per heavy atom. The Morgan fingerprint density at radius 2 is 1.52 bits per heavy atom. The lowest BCUT2D eigenvalue weighted by atomic mass is 9.97. The molecule has 1 aromatic carbocycles. The van der Waals surface area contributed by atoms with Crippen LogP contribution < -0.4 is 0 Å².